The second kappa shape index (κ2) is 11.7. The Labute approximate surface area is 225 Å². The number of rotatable bonds is 6. The number of benzene rings is 2. The van der Waals surface area contributed by atoms with E-state index in [2.05, 4.69) is 5.32 Å². The predicted molar refractivity (Wildman–Crippen MR) is 142 cm³/mol. The topological polar surface area (TPSA) is 91.4 Å². The number of piperazine rings is 1. The SMILES string of the molecule is CC(C)(C)OC(=O)N1CCN(c2c(F)cc(N3C(=O)OCC3CNC(=O)C=Cc3ccccc3)cc2F)CC1. The highest BCUT2D eigenvalue weighted by molar-refractivity contribution is 5.93. The summed E-state index contributed by atoms with van der Waals surface area (Å²) in [4.78, 5) is 41.1. The van der Waals surface area contributed by atoms with Crippen LogP contribution in [0.5, 0.6) is 0 Å². The van der Waals surface area contributed by atoms with Gasteiger partial charge < -0.3 is 24.6 Å². The fraction of sp³-hybridized carbons (Fsp3) is 0.393. The molecule has 9 nitrogen and oxygen atoms in total. The number of carbonyl (C=O) groups excluding carboxylic acids is 3. The van der Waals surface area contributed by atoms with Crippen LogP contribution in [0.1, 0.15) is 26.3 Å². The molecule has 39 heavy (non-hydrogen) atoms. The summed E-state index contributed by atoms with van der Waals surface area (Å²) in [5.74, 6) is -2.07. The van der Waals surface area contributed by atoms with E-state index in [4.69, 9.17) is 9.47 Å². The molecule has 2 fully saturated rings. The van der Waals surface area contributed by atoms with Crippen molar-refractivity contribution in [3.05, 3.63) is 65.7 Å². The van der Waals surface area contributed by atoms with Gasteiger partial charge in [0, 0.05) is 50.9 Å². The Morgan fingerprint density at radius 1 is 1.08 bits per heavy atom. The Bertz CT molecular complexity index is 1220. The van der Waals surface area contributed by atoms with E-state index in [0.717, 1.165) is 22.6 Å². The standard InChI is InChI=1S/C28H32F2N4O5/c1-28(2,3)39-26(36)33-13-11-32(12-14-33)25-22(29)15-20(16-23(25)30)34-21(18-38-27(34)37)17-31-24(35)10-9-19-7-5-4-6-8-19/h4-10,15-16,21H,11-14,17-18H2,1-3H3,(H,31,35). The highest BCUT2D eigenvalue weighted by atomic mass is 19.1. The average molecular weight is 543 g/mol. The van der Waals surface area contributed by atoms with Crippen LogP contribution >= 0.6 is 0 Å². The first-order valence-corrected chi connectivity index (χ1v) is 12.7. The summed E-state index contributed by atoms with van der Waals surface area (Å²) < 4.78 is 40.9. The zero-order chi connectivity index (χ0) is 28.2. The van der Waals surface area contributed by atoms with Crippen molar-refractivity contribution in [1.82, 2.24) is 10.2 Å². The molecule has 1 unspecified atom stereocenters. The minimum absolute atomic E-state index is 0.0114. The van der Waals surface area contributed by atoms with Gasteiger partial charge in [-0.3, -0.25) is 9.69 Å². The maximum Gasteiger partial charge on any atom is 0.414 e. The van der Waals surface area contributed by atoms with E-state index in [1.807, 2.05) is 30.3 Å². The molecule has 0 saturated carbocycles. The molecule has 0 radical (unpaired) electrons. The molecule has 4 rings (SSSR count). The van der Waals surface area contributed by atoms with Crippen LogP contribution in [0.3, 0.4) is 0 Å². The number of hydrogen-bond donors (Lipinski definition) is 1. The zero-order valence-corrected chi connectivity index (χ0v) is 22.2. The molecule has 0 bridgehead atoms. The number of carbonyl (C=O) groups is 3. The first-order chi connectivity index (χ1) is 18.5. The van der Waals surface area contributed by atoms with Gasteiger partial charge in [0.1, 0.15) is 17.9 Å². The third kappa shape index (κ3) is 7.04. The molecule has 0 aliphatic carbocycles. The van der Waals surface area contributed by atoms with Crippen LogP contribution in [0, 0.1) is 11.6 Å². The van der Waals surface area contributed by atoms with E-state index in [9.17, 15) is 14.4 Å². The molecule has 208 valence electrons. The lowest BCUT2D eigenvalue weighted by atomic mass is 10.1. The normalized spacial score (nSPS) is 17.9. The van der Waals surface area contributed by atoms with Crippen LogP contribution in [0.25, 0.3) is 6.08 Å². The molecule has 1 atom stereocenters. The van der Waals surface area contributed by atoms with Gasteiger partial charge in [-0.15, -0.1) is 0 Å². The number of ether oxygens (including phenoxy) is 2. The molecule has 2 aromatic carbocycles. The minimum Gasteiger partial charge on any atom is -0.447 e. The third-order valence-electron chi connectivity index (χ3n) is 6.23. The lowest BCUT2D eigenvalue weighted by Gasteiger charge is -2.37. The van der Waals surface area contributed by atoms with E-state index in [1.54, 1.807) is 26.8 Å². The van der Waals surface area contributed by atoms with Gasteiger partial charge in [-0.2, -0.15) is 0 Å². The van der Waals surface area contributed by atoms with Gasteiger partial charge in [-0.25, -0.2) is 18.4 Å². The number of cyclic esters (lactones) is 1. The molecule has 2 aliphatic heterocycles. The maximum atomic E-state index is 15.2. The highest BCUT2D eigenvalue weighted by Crippen LogP contribution is 2.32. The molecule has 0 spiro atoms. The Hall–Kier alpha value is -4.15. The molecule has 1 N–H and O–H groups in total. The van der Waals surface area contributed by atoms with Crippen molar-refractivity contribution in [1.29, 1.82) is 0 Å². The van der Waals surface area contributed by atoms with Crippen molar-refractivity contribution < 1.29 is 32.6 Å². The predicted octanol–water partition coefficient (Wildman–Crippen LogP) is 4.18. The molecular weight excluding hydrogens is 510 g/mol. The van der Waals surface area contributed by atoms with Crippen LogP contribution in [-0.4, -0.2) is 74.0 Å². The van der Waals surface area contributed by atoms with Gasteiger partial charge in [-0.1, -0.05) is 30.3 Å². The molecular formula is C28H32F2N4O5. The molecule has 3 amide bonds. The van der Waals surface area contributed by atoms with E-state index in [0.29, 0.717) is 0 Å². The smallest absolute Gasteiger partial charge is 0.414 e. The molecule has 2 heterocycles. The van der Waals surface area contributed by atoms with E-state index in [1.165, 1.54) is 15.9 Å². The third-order valence-corrected chi connectivity index (χ3v) is 6.23. The number of halogens is 2. The first-order valence-electron chi connectivity index (χ1n) is 12.7. The summed E-state index contributed by atoms with van der Waals surface area (Å²) in [5.41, 5.74) is -0.0295. The largest absolute Gasteiger partial charge is 0.447 e. The zero-order valence-electron chi connectivity index (χ0n) is 22.2. The fourth-order valence-corrected chi connectivity index (χ4v) is 4.37. The second-order valence-corrected chi connectivity index (χ2v) is 10.3. The summed E-state index contributed by atoms with van der Waals surface area (Å²) in [6.07, 6.45) is 1.79. The Balaban J connectivity index is 1.39. The molecule has 2 aliphatic rings. The van der Waals surface area contributed by atoms with E-state index < -0.39 is 35.5 Å². The highest BCUT2D eigenvalue weighted by Gasteiger charge is 2.36. The number of nitrogens with zero attached hydrogens (tertiary/aromatic N) is 3. The van der Waals surface area contributed by atoms with E-state index in [-0.39, 0.29) is 56.6 Å². The van der Waals surface area contributed by atoms with Crippen LogP contribution < -0.4 is 15.1 Å². The van der Waals surface area contributed by atoms with Crippen molar-refractivity contribution in [2.45, 2.75) is 32.4 Å². The Morgan fingerprint density at radius 3 is 2.33 bits per heavy atom. The molecule has 0 aromatic heterocycles. The van der Waals surface area contributed by atoms with Gasteiger partial charge >= 0.3 is 12.2 Å². The van der Waals surface area contributed by atoms with Crippen LogP contribution in [0.15, 0.2) is 48.5 Å². The number of anilines is 2. The monoisotopic (exact) mass is 542 g/mol. The van der Waals surface area contributed by atoms with Crippen molar-refractivity contribution in [3.8, 4) is 0 Å². The lowest BCUT2D eigenvalue weighted by molar-refractivity contribution is -0.116. The van der Waals surface area contributed by atoms with Crippen LogP contribution in [0.4, 0.5) is 29.7 Å². The fourth-order valence-electron chi connectivity index (χ4n) is 4.37. The Kier molecular flexibility index (Phi) is 8.37. The minimum atomic E-state index is -0.844. The number of amides is 3. The van der Waals surface area contributed by atoms with Gasteiger partial charge in [0.2, 0.25) is 5.91 Å². The summed E-state index contributed by atoms with van der Waals surface area (Å²) in [7, 11) is 0. The van der Waals surface area contributed by atoms with Crippen molar-refractivity contribution in [2.75, 3.05) is 49.1 Å². The van der Waals surface area contributed by atoms with Crippen LogP contribution in [-0.2, 0) is 14.3 Å². The summed E-state index contributed by atoms with van der Waals surface area (Å²) in [6.45, 7) is 6.21. The van der Waals surface area contributed by atoms with Crippen molar-refractivity contribution >= 4 is 35.5 Å². The van der Waals surface area contributed by atoms with Gasteiger partial charge in [-0.05, 0) is 32.4 Å². The quantitative estimate of drug-likeness (QED) is 0.551. The maximum absolute atomic E-state index is 15.2. The lowest BCUT2D eigenvalue weighted by Crippen LogP contribution is -2.50. The summed E-state index contributed by atoms with van der Waals surface area (Å²) >= 11 is 0. The number of nitrogens with one attached hydrogen (secondary N) is 1. The second-order valence-electron chi connectivity index (χ2n) is 10.3. The van der Waals surface area contributed by atoms with Gasteiger partial charge in [0.15, 0.2) is 11.6 Å². The van der Waals surface area contributed by atoms with Gasteiger partial charge in [0.05, 0.1) is 11.7 Å². The molecule has 11 heteroatoms. The van der Waals surface area contributed by atoms with E-state index >= 15 is 8.78 Å². The Morgan fingerprint density at radius 2 is 1.72 bits per heavy atom. The van der Waals surface area contributed by atoms with Crippen LogP contribution in [0.2, 0.25) is 0 Å². The molecule has 2 saturated heterocycles. The number of hydrogen-bond acceptors (Lipinski definition) is 6. The summed E-state index contributed by atoms with van der Waals surface area (Å²) in [6, 6.07) is 10.8. The average Bonchev–Trinajstić information content (AvgIpc) is 3.26. The molecule has 2 aromatic rings. The van der Waals surface area contributed by atoms with Crippen molar-refractivity contribution in [2.24, 2.45) is 0 Å². The first kappa shape index (κ1) is 27.9. The summed E-state index contributed by atoms with van der Waals surface area (Å²) in [5, 5.41) is 2.70. The van der Waals surface area contributed by atoms with Crippen molar-refractivity contribution in [3.63, 3.8) is 0 Å². The van der Waals surface area contributed by atoms with Gasteiger partial charge in [0.25, 0.3) is 0 Å².